The Morgan fingerprint density at radius 1 is 1.02 bits per heavy atom. The molecule has 0 aliphatic carbocycles. The van der Waals surface area contributed by atoms with E-state index in [0.29, 0.717) is 5.69 Å². The third-order valence-corrected chi connectivity index (χ3v) is 8.73. The van der Waals surface area contributed by atoms with Crippen LogP contribution < -0.4 is 20.9 Å². The second-order valence-corrected chi connectivity index (χ2v) is 11.6. The largest absolute Gasteiger partial charge is 0.449 e. The minimum Gasteiger partial charge on any atom is -0.449 e. The Bertz CT molecular complexity index is 2160. The number of esters is 1. The molecule has 16 nitrogen and oxygen atoms in total. The lowest BCUT2D eigenvalue weighted by Gasteiger charge is -2.34. The zero-order valence-corrected chi connectivity index (χ0v) is 26.2. The van der Waals surface area contributed by atoms with Crippen molar-refractivity contribution in [1.82, 2.24) is 19.1 Å². The molecule has 7 rings (SSSR count). The van der Waals surface area contributed by atoms with Gasteiger partial charge < -0.3 is 20.5 Å². The third kappa shape index (κ3) is 5.45. The van der Waals surface area contributed by atoms with Crippen LogP contribution in [0.4, 0.5) is 17.3 Å². The predicted octanol–water partition coefficient (Wildman–Crippen LogP) is 2.08. The number of carbonyl (C=O) groups excluding carboxylic acids is 6. The highest BCUT2D eigenvalue weighted by Gasteiger charge is 2.44. The van der Waals surface area contributed by atoms with Gasteiger partial charge in [0.2, 0.25) is 6.10 Å². The molecule has 2 aromatic carbocycles. The van der Waals surface area contributed by atoms with Gasteiger partial charge in [-0.2, -0.15) is 4.37 Å². The minimum atomic E-state index is -1.78. The molecule has 2 aliphatic rings. The van der Waals surface area contributed by atoms with Crippen LogP contribution in [0.2, 0.25) is 0 Å². The quantitative estimate of drug-likeness (QED) is 0.179. The molecule has 0 radical (unpaired) electrons. The first-order valence-corrected chi connectivity index (χ1v) is 15.5. The predicted molar refractivity (Wildman–Crippen MR) is 173 cm³/mol. The summed E-state index contributed by atoms with van der Waals surface area (Å²) in [5.41, 5.74) is 6.62. The topological polar surface area (TPSA) is 209 Å². The Labute approximate surface area is 280 Å². The molecule has 49 heavy (non-hydrogen) atoms. The van der Waals surface area contributed by atoms with Gasteiger partial charge in [-0.05, 0) is 47.9 Å². The second kappa shape index (κ2) is 12.4. The van der Waals surface area contributed by atoms with Gasteiger partial charge >= 0.3 is 5.97 Å². The van der Waals surface area contributed by atoms with Crippen LogP contribution >= 0.6 is 11.5 Å². The molecule has 5 amide bonds. The number of imide groups is 1. The molecule has 1 saturated heterocycles. The molecule has 1 fully saturated rings. The van der Waals surface area contributed by atoms with Crippen LogP contribution in [0.25, 0.3) is 15.8 Å². The lowest BCUT2D eigenvalue weighted by molar-refractivity contribution is -0.167. The van der Waals surface area contributed by atoms with Crippen molar-refractivity contribution in [2.75, 3.05) is 28.3 Å². The fourth-order valence-corrected chi connectivity index (χ4v) is 6.59. The van der Waals surface area contributed by atoms with Crippen LogP contribution in [0.3, 0.4) is 0 Å². The number of nitrogens with two attached hydrogens (primary N) is 1. The molecule has 2 aliphatic heterocycles. The molecule has 5 heterocycles. The maximum absolute atomic E-state index is 13.7. The lowest BCUT2D eigenvalue weighted by atomic mass is 10.1. The molecule has 0 unspecified atom stereocenters. The van der Waals surface area contributed by atoms with Crippen molar-refractivity contribution in [3.8, 4) is 5.69 Å². The molecule has 3 N–H and O–H groups in total. The standard InChI is InChI=1S/C32H24N8O8S/c1-16(41)48-24(25-32(46)38(14-15-47-25)22-10-13-39(36-22)17-8-11-34-12-9-17)29(43)35-21-7-6-20-26(23(21)27(33)42)49-37-28(20)40-30(44)18-4-2-3-5-19(18)31(40)45/h2-13,24-25H,14-15H2,1H3,(H2,33,42)(H,35,43)/t24-,25-/m1/s1. The summed E-state index contributed by atoms with van der Waals surface area (Å²) in [6.07, 6.45) is 1.51. The van der Waals surface area contributed by atoms with Gasteiger partial charge in [0.15, 0.2) is 17.7 Å². The van der Waals surface area contributed by atoms with Crippen LogP contribution in [0.15, 0.2) is 73.2 Å². The first kappa shape index (κ1) is 31.3. The van der Waals surface area contributed by atoms with E-state index < -0.39 is 47.7 Å². The summed E-state index contributed by atoms with van der Waals surface area (Å²) in [7, 11) is 0. The van der Waals surface area contributed by atoms with E-state index in [9.17, 15) is 28.8 Å². The Balaban J connectivity index is 1.17. The summed E-state index contributed by atoms with van der Waals surface area (Å²) in [5, 5.41) is 7.26. The van der Waals surface area contributed by atoms with Gasteiger partial charge in [0, 0.05) is 37.0 Å². The molecule has 0 spiro atoms. The molecular formula is C32H24N8O8S. The lowest BCUT2D eigenvalue weighted by Crippen LogP contribution is -2.56. The number of aromatic nitrogens is 4. The van der Waals surface area contributed by atoms with Crippen LogP contribution in [0, 0.1) is 0 Å². The molecular weight excluding hydrogens is 656 g/mol. The van der Waals surface area contributed by atoms with Crippen LogP contribution in [-0.2, 0) is 23.9 Å². The first-order chi connectivity index (χ1) is 23.6. The Hall–Kier alpha value is -6.33. The number of amides is 5. The van der Waals surface area contributed by atoms with Crippen molar-refractivity contribution in [3.05, 3.63) is 89.9 Å². The number of morpholine rings is 1. The molecule has 0 bridgehead atoms. The summed E-state index contributed by atoms with van der Waals surface area (Å²) in [6, 6.07) is 14.2. The fourth-order valence-electron chi connectivity index (χ4n) is 5.67. The van der Waals surface area contributed by atoms with E-state index in [1.165, 1.54) is 29.2 Å². The van der Waals surface area contributed by atoms with E-state index in [-0.39, 0.29) is 57.3 Å². The van der Waals surface area contributed by atoms with E-state index in [4.69, 9.17) is 15.2 Å². The highest BCUT2D eigenvalue weighted by molar-refractivity contribution is 7.14. The molecule has 17 heteroatoms. The summed E-state index contributed by atoms with van der Waals surface area (Å²) in [6.45, 7) is 1.17. The van der Waals surface area contributed by atoms with Crippen molar-refractivity contribution < 1.29 is 38.2 Å². The zero-order valence-electron chi connectivity index (χ0n) is 25.4. The van der Waals surface area contributed by atoms with Gasteiger partial charge in [0.1, 0.15) is 0 Å². The average molecular weight is 681 g/mol. The van der Waals surface area contributed by atoms with Gasteiger partial charge in [0.05, 0.1) is 45.9 Å². The highest BCUT2D eigenvalue weighted by atomic mass is 32.1. The highest BCUT2D eigenvalue weighted by Crippen LogP contribution is 2.39. The van der Waals surface area contributed by atoms with Gasteiger partial charge in [-0.3, -0.25) is 38.7 Å². The number of fused-ring (bicyclic) bond motifs is 2. The van der Waals surface area contributed by atoms with Crippen molar-refractivity contribution >= 4 is 74.4 Å². The number of nitrogens with zero attached hydrogens (tertiary/aromatic N) is 6. The van der Waals surface area contributed by atoms with Gasteiger partial charge in [-0.15, -0.1) is 5.10 Å². The van der Waals surface area contributed by atoms with Crippen molar-refractivity contribution in [2.24, 2.45) is 5.73 Å². The van der Waals surface area contributed by atoms with Gasteiger partial charge in [-0.25, -0.2) is 9.58 Å². The number of nitrogens with one attached hydrogen (secondary N) is 1. The number of carbonyl (C=O) groups is 6. The number of pyridine rings is 1. The van der Waals surface area contributed by atoms with Crippen LogP contribution in [-0.4, -0.2) is 80.0 Å². The Morgan fingerprint density at radius 3 is 2.41 bits per heavy atom. The monoisotopic (exact) mass is 680 g/mol. The van der Waals surface area contributed by atoms with Gasteiger partial charge in [-0.1, -0.05) is 12.1 Å². The van der Waals surface area contributed by atoms with E-state index >= 15 is 0 Å². The molecule has 0 saturated carbocycles. The van der Waals surface area contributed by atoms with Crippen molar-refractivity contribution in [2.45, 2.75) is 19.1 Å². The summed E-state index contributed by atoms with van der Waals surface area (Å²) < 4.78 is 17.0. The normalized spacial score (nSPS) is 16.5. The Morgan fingerprint density at radius 2 is 1.73 bits per heavy atom. The number of primary amides is 1. The molecule has 2 atom stereocenters. The number of benzene rings is 2. The SMILES string of the molecule is CC(=O)O[C@@H](C(=O)Nc1ccc2c(N3C(=O)c4ccccc4C3=O)nsc2c1C(N)=O)[C@H]1OCCN(c2ccn(-c3ccncc3)n2)C1=O. The van der Waals surface area contributed by atoms with E-state index in [2.05, 4.69) is 19.8 Å². The number of rotatable bonds is 8. The van der Waals surface area contributed by atoms with E-state index in [1.54, 1.807) is 53.6 Å². The minimum absolute atomic E-state index is 0.00275. The molecule has 3 aromatic heterocycles. The summed E-state index contributed by atoms with van der Waals surface area (Å²) >= 11 is 0.794. The summed E-state index contributed by atoms with van der Waals surface area (Å²) in [4.78, 5) is 84.8. The molecule has 246 valence electrons. The van der Waals surface area contributed by atoms with Crippen molar-refractivity contribution in [1.29, 1.82) is 0 Å². The number of ether oxygens (including phenoxy) is 2. The van der Waals surface area contributed by atoms with Crippen molar-refractivity contribution in [3.63, 3.8) is 0 Å². The van der Waals surface area contributed by atoms with Crippen LogP contribution in [0.5, 0.6) is 0 Å². The second-order valence-electron chi connectivity index (χ2n) is 10.9. The third-order valence-electron chi connectivity index (χ3n) is 7.86. The zero-order chi connectivity index (χ0) is 34.4. The van der Waals surface area contributed by atoms with E-state index in [0.717, 1.165) is 23.4 Å². The average Bonchev–Trinajstić information content (AvgIpc) is 3.81. The summed E-state index contributed by atoms with van der Waals surface area (Å²) in [5.74, 6) is -4.38. The maximum atomic E-state index is 13.7. The Kier molecular flexibility index (Phi) is 7.89. The smallest absolute Gasteiger partial charge is 0.303 e. The number of anilines is 3. The fraction of sp³-hybridized carbons (Fsp3) is 0.156. The van der Waals surface area contributed by atoms with E-state index in [1.807, 2.05) is 0 Å². The number of hydrogen-bond donors (Lipinski definition) is 2. The maximum Gasteiger partial charge on any atom is 0.303 e. The first-order valence-electron chi connectivity index (χ1n) is 14.7. The van der Waals surface area contributed by atoms with Gasteiger partial charge in [0.25, 0.3) is 29.5 Å². The van der Waals surface area contributed by atoms with Crippen LogP contribution in [0.1, 0.15) is 38.0 Å². The molecule has 5 aromatic rings. The number of hydrogen-bond acceptors (Lipinski definition) is 12.